The molecule has 0 radical (unpaired) electrons. The average molecular weight is 547 g/mol. The molecule has 7 nitrogen and oxygen atoms in total. The summed E-state index contributed by atoms with van der Waals surface area (Å²) in [5.74, 6) is 2.70. The van der Waals surface area contributed by atoms with Crippen molar-refractivity contribution in [3.8, 4) is 0 Å². The summed E-state index contributed by atoms with van der Waals surface area (Å²) in [6.07, 6.45) is 11.8. The number of nitrogens with zero attached hydrogens (tertiary/aromatic N) is 6. The number of likely N-dealkylation sites (tertiary alicyclic amines) is 1. The van der Waals surface area contributed by atoms with Gasteiger partial charge in [-0.25, -0.2) is 9.97 Å². The van der Waals surface area contributed by atoms with Gasteiger partial charge in [0.25, 0.3) is 0 Å². The van der Waals surface area contributed by atoms with Crippen LogP contribution in [0.25, 0.3) is 0 Å². The monoisotopic (exact) mass is 547 g/mol. The first-order valence-electron chi connectivity index (χ1n) is 11.3. The van der Waals surface area contributed by atoms with E-state index in [0.717, 1.165) is 57.3 Å². The molecule has 3 heterocycles. The third-order valence-corrected chi connectivity index (χ3v) is 6.06. The number of guanidine groups is 1. The first-order chi connectivity index (χ1) is 15.2. The van der Waals surface area contributed by atoms with E-state index in [0.29, 0.717) is 12.0 Å². The van der Waals surface area contributed by atoms with E-state index in [2.05, 4.69) is 79.8 Å². The molecule has 0 spiro atoms. The second-order valence-corrected chi connectivity index (χ2v) is 8.23. The molecule has 4 rings (SSSR count). The molecule has 1 aromatic carbocycles. The van der Waals surface area contributed by atoms with Crippen molar-refractivity contribution in [2.24, 2.45) is 10.9 Å². The Kier molecular flexibility index (Phi) is 9.13. The maximum atomic E-state index is 4.95. The largest absolute Gasteiger partial charge is 0.357 e. The molecule has 2 atom stereocenters. The highest BCUT2D eigenvalue weighted by molar-refractivity contribution is 14.0. The third kappa shape index (κ3) is 6.11. The molecule has 2 unspecified atom stereocenters. The van der Waals surface area contributed by atoms with Crippen LogP contribution in [-0.2, 0) is 13.0 Å². The molecule has 32 heavy (non-hydrogen) atoms. The van der Waals surface area contributed by atoms with Crippen molar-refractivity contribution in [2.45, 2.75) is 39.3 Å². The van der Waals surface area contributed by atoms with Crippen molar-refractivity contribution in [3.63, 3.8) is 0 Å². The molecule has 1 aliphatic heterocycles. The highest BCUT2D eigenvalue weighted by Gasteiger charge is 2.28. The molecule has 0 aliphatic carbocycles. The van der Waals surface area contributed by atoms with E-state index in [1.165, 1.54) is 5.56 Å². The van der Waals surface area contributed by atoms with Gasteiger partial charge in [-0.3, -0.25) is 4.99 Å². The Morgan fingerprint density at radius 1 is 1.19 bits per heavy atom. The predicted octanol–water partition coefficient (Wildman–Crippen LogP) is 3.84. The molecule has 1 N–H and O–H groups in total. The SMILES string of the molecule is CCNC(=NCCc1nccn1Cc1ccccc1)N1CCC(C)C(n2ccnc2)C1.I. The summed E-state index contributed by atoms with van der Waals surface area (Å²) in [4.78, 5) is 16.2. The van der Waals surface area contributed by atoms with E-state index < -0.39 is 0 Å². The molecule has 0 amide bonds. The molecular weight excluding hydrogens is 513 g/mol. The zero-order valence-electron chi connectivity index (χ0n) is 19.0. The fraction of sp³-hybridized carbons (Fsp3) is 0.458. The number of halogens is 1. The molecule has 8 heteroatoms. The van der Waals surface area contributed by atoms with E-state index in [9.17, 15) is 0 Å². The van der Waals surface area contributed by atoms with E-state index in [4.69, 9.17) is 4.99 Å². The molecule has 0 bridgehead atoms. The van der Waals surface area contributed by atoms with E-state index in [-0.39, 0.29) is 24.0 Å². The van der Waals surface area contributed by atoms with Crippen LogP contribution in [0.4, 0.5) is 0 Å². The Hall–Kier alpha value is -2.36. The number of aliphatic imine (C=N–C) groups is 1. The van der Waals surface area contributed by atoms with Gasteiger partial charge in [0.1, 0.15) is 5.82 Å². The maximum Gasteiger partial charge on any atom is 0.193 e. The number of aromatic nitrogens is 4. The number of hydrogen-bond acceptors (Lipinski definition) is 3. The normalized spacial score (nSPS) is 18.9. The summed E-state index contributed by atoms with van der Waals surface area (Å²) < 4.78 is 4.45. The van der Waals surface area contributed by atoms with Crippen molar-refractivity contribution < 1.29 is 0 Å². The number of nitrogens with one attached hydrogen (secondary N) is 1. The minimum absolute atomic E-state index is 0. The Bertz CT molecular complexity index is 952. The van der Waals surface area contributed by atoms with Crippen LogP contribution in [0.5, 0.6) is 0 Å². The lowest BCUT2D eigenvalue weighted by atomic mass is 9.93. The predicted molar refractivity (Wildman–Crippen MR) is 139 cm³/mol. The fourth-order valence-corrected chi connectivity index (χ4v) is 4.27. The van der Waals surface area contributed by atoms with Crippen molar-refractivity contribution >= 4 is 29.9 Å². The lowest BCUT2D eigenvalue weighted by molar-refractivity contribution is 0.189. The zero-order chi connectivity index (χ0) is 21.5. The second-order valence-electron chi connectivity index (χ2n) is 8.23. The van der Waals surface area contributed by atoms with Gasteiger partial charge in [-0.15, -0.1) is 24.0 Å². The highest BCUT2D eigenvalue weighted by atomic mass is 127. The summed E-state index contributed by atoms with van der Waals surface area (Å²) in [5.41, 5.74) is 1.28. The van der Waals surface area contributed by atoms with E-state index in [1.54, 1.807) is 0 Å². The van der Waals surface area contributed by atoms with Crippen LogP contribution in [0.1, 0.15) is 37.7 Å². The van der Waals surface area contributed by atoms with Gasteiger partial charge >= 0.3 is 0 Å². The Morgan fingerprint density at radius 2 is 2.03 bits per heavy atom. The smallest absolute Gasteiger partial charge is 0.193 e. The summed E-state index contributed by atoms with van der Waals surface area (Å²) in [7, 11) is 0. The number of benzene rings is 1. The summed E-state index contributed by atoms with van der Waals surface area (Å²) >= 11 is 0. The topological polar surface area (TPSA) is 63.3 Å². The molecule has 3 aromatic rings. The van der Waals surface area contributed by atoms with Crippen LogP contribution < -0.4 is 5.32 Å². The summed E-state index contributed by atoms with van der Waals surface area (Å²) in [6.45, 7) is 8.86. The standard InChI is InChI=1S/C24H33N7.HI/c1-3-26-24(30-14-10-20(2)22(18-30)31-15-12-25-19-31)28-11-9-23-27-13-16-29(23)17-21-7-5-4-6-8-21;/h4-8,12-13,15-16,19-20,22H,3,9-11,14,17-18H2,1-2H3,(H,26,28);1H. The van der Waals surface area contributed by atoms with Crippen molar-refractivity contribution in [2.75, 3.05) is 26.2 Å². The molecule has 1 saturated heterocycles. The van der Waals surface area contributed by atoms with Gasteiger partial charge in [-0.2, -0.15) is 0 Å². The zero-order valence-corrected chi connectivity index (χ0v) is 21.3. The first kappa shape index (κ1) is 24.3. The lowest BCUT2D eigenvalue weighted by Crippen LogP contribution is -2.49. The first-order valence-corrected chi connectivity index (χ1v) is 11.3. The van der Waals surface area contributed by atoms with E-state index in [1.807, 2.05) is 24.8 Å². The van der Waals surface area contributed by atoms with Gasteiger partial charge in [-0.1, -0.05) is 37.3 Å². The Labute approximate surface area is 208 Å². The van der Waals surface area contributed by atoms with Gasteiger partial charge < -0.3 is 19.4 Å². The van der Waals surface area contributed by atoms with Crippen LogP contribution in [0.15, 0.2) is 66.4 Å². The Balaban J connectivity index is 0.00000289. The second kappa shape index (κ2) is 12.0. The molecule has 1 aliphatic rings. The Morgan fingerprint density at radius 3 is 2.78 bits per heavy atom. The minimum Gasteiger partial charge on any atom is -0.357 e. The van der Waals surface area contributed by atoms with Gasteiger partial charge in [0.05, 0.1) is 12.4 Å². The van der Waals surface area contributed by atoms with Gasteiger partial charge in [0.2, 0.25) is 0 Å². The van der Waals surface area contributed by atoms with Crippen molar-refractivity contribution in [1.82, 2.24) is 29.3 Å². The maximum absolute atomic E-state index is 4.95. The third-order valence-electron chi connectivity index (χ3n) is 6.06. The molecule has 0 saturated carbocycles. The molecule has 172 valence electrons. The molecule has 2 aromatic heterocycles. The van der Waals surface area contributed by atoms with Crippen LogP contribution in [0.3, 0.4) is 0 Å². The van der Waals surface area contributed by atoms with Gasteiger partial charge in [-0.05, 0) is 24.8 Å². The van der Waals surface area contributed by atoms with Gasteiger partial charge in [0.15, 0.2) is 5.96 Å². The highest BCUT2D eigenvalue weighted by Crippen LogP contribution is 2.27. The lowest BCUT2D eigenvalue weighted by Gasteiger charge is -2.39. The number of piperidine rings is 1. The van der Waals surface area contributed by atoms with E-state index >= 15 is 0 Å². The average Bonchev–Trinajstić information content (AvgIpc) is 3.47. The molecule has 1 fully saturated rings. The van der Waals surface area contributed by atoms with Crippen molar-refractivity contribution in [1.29, 1.82) is 0 Å². The number of hydrogen-bond donors (Lipinski definition) is 1. The quantitative estimate of drug-likeness (QED) is 0.278. The van der Waals surface area contributed by atoms with Crippen LogP contribution in [0.2, 0.25) is 0 Å². The van der Waals surface area contributed by atoms with Crippen molar-refractivity contribution in [3.05, 3.63) is 72.8 Å². The van der Waals surface area contributed by atoms with Crippen LogP contribution in [-0.4, -0.2) is 56.1 Å². The molecular formula is C24H34IN7. The summed E-state index contributed by atoms with van der Waals surface area (Å²) in [5, 5.41) is 3.49. The number of imidazole rings is 2. The van der Waals surface area contributed by atoms with Crippen LogP contribution in [0, 0.1) is 5.92 Å². The number of rotatable bonds is 7. The van der Waals surface area contributed by atoms with Gasteiger partial charge in [0, 0.05) is 63.9 Å². The van der Waals surface area contributed by atoms with Crippen LogP contribution >= 0.6 is 24.0 Å². The summed E-state index contributed by atoms with van der Waals surface area (Å²) in [6, 6.07) is 10.9. The minimum atomic E-state index is 0. The fourth-order valence-electron chi connectivity index (χ4n) is 4.27.